The van der Waals surface area contributed by atoms with E-state index in [2.05, 4.69) is 85.8 Å². The minimum atomic E-state index is 0.696. The highest BCUT2D eigenvalue weighted by Gasteiger charge is 2.21. The van der Waals surface area contributed by atoms with Gasteiger partial charge in [-0.1, -0.05) is 0 Å². The smallest absolute Gasteiger partial charge is 0.0701 e. The summed E-state index contributed by atoms with van der Waals surface area (Å²) in [6.07, 6.45) is 8.39. The first-order valence-electron chi connectivity index (χ1n) is 14.9. The van der Waals surface area contributed by atoms with Crippen LogP contribution in [-0.2, 0) is 9.47 Å². The molecule has 0 spiro atoms. The maximum absolute atomic E-state index is 5.37. The third-order valence-corrected chi connectivity index (χ3v) is 6.41. The molecule has 38 heavy (non-hydrogen) atoms. The largest absolute Gasteiger partial charge is 0.378 e. The van der Waals surface area contributed by atoms with Crippen molar-refractivity contribution in [2.45, 2.75) is 38.5 Å². The molecule has 1 aliphatic rings. The maximum atomic E-state index is 5.37. The molecule has 0 aromatic heterocycles. The van der Waals surface area contributed by atoms with E-state index >= 15 is 0 Å². The van der Waals surface area contributed by atoms with E-state index in [1.165, 1.54) is 64.7 Å². The van der Waals surface area contributed by atoms with Crippen molar-refractivity contribution in [2.75, 3.05) is 150 Å². The minimum Gasteiger partial charge on any atom is -0.378 e. The van der Waals surface area contributed by atoms with Crippen LogP contribution in [0.15, 0.2) is 0 Å². The molecule has 0 N–H and O–H groups in total. The second-order valence-electron chi connectivity index (χ2n) is 12.6. The molecule has 0 aromatic carbocycles. The van der Waals surface area contributed by atoms with Crippen molar-refractivity contribution >= 4 is 0 Å². The average Bonchev–Trinajstić information content (AvgIpc) is 2.79. The number of hydrogen-bond acceptors (Lipinski definition) is 8. The van der Waals surface area contributed by atoms with Gasteiger partial charge in [-0.15, -0.1) is 0 Å². The second kappa shape index (κ2) is 26.9. The van der Waals surface area contributed by atoms with Crippen LogP contribution in [0.3, 0.4) is 0 Å². The van der Waals surface area contributed by atoms with E-state index in [1.807, 2.05) is 28.2 Å². The minimum absolute atomic E-state index is 0.696. The van der Waals surface area contributed by atoms with Crippen LogP contribution in [0.1, 0.15) is 38.5 Å². The van der Waals surface area contributed by atoms with Crippen molar-refractivity contribution in [3.05, 3.63) is 0 Å². The molecule has 232 valence electrons. The lowest BCUT2D eigenvalue weighted by atomic mass is 9.81. The predicted octanol–water partition coefficient (Wildman–Crippen LogP) is 2.95. The summed E-state index contributed by atoms with van der Waals surface area (Å²) in [5.41, 5.74) is 0. The van der Waals surface area contributed by atoms with Crippen molar-refractivity contribution in [1.29, 1.82) is 0 Å². The SMILES string of the molecule is CN(C)CC1CCC(CN(C)C)CC1.CN(C)CCCCN(C)C.CN(C)CCOCCOCCN(C)C. The van der Waals surface area contributed by atoms with Crippen molar-refractivity contribution in [1.82, 2.24) is 29.4 Å². The first kappa shape index (κ1) is 39.8. The highest BCUT2D eigenvalue weighted by molar-refractivity contribution is 4.75. The van der Waals surface area contributed by atoms with E-state index < -0.39 is 0 Å². The molecule has 0 amide bonds. The van der Waals surface area contributed by atoms with Gasteiger partial charge in [0.25, 0.3) is 0 Å². The lowest BCUT2D eigenvalue weighted by Crippen LogP contribution is -2.29. The molecule has 1 aliphatic carbocycles. The second-order valence-corrected chi connectivity index (χ2v) is 12.6. The highest BCUT2D eigenvalue weighted by atomic mass is 16.5. The molecule has 8 heteroatoms. The Morgan fingerprint density at radius 1 is 0.395 bits per heavy atom. The van der Waals surface area contributed by atoms with Crippen LogP contribution in [0.5, 0.6) is 0 Å². The number of hydrogen-bond donors (Lipinski definition) is 0. The molecular weight excluding hydrogens is 476 g/mol. The summed E-state index contributed by atoms with van der Waals surface area (Å²) in [6, 6.07) is 0. The topological polar surface area (TPSA) is 37.9 Å². The van der Waals surface area contributed by atoms with Crippen LogP contribution in [0.4, 0.5) is 0 Å². The van der Waals surface area contributed by atoms with Gasteiger partial charge in [0.2, 0.25) is 0 Å². The van der Waals surface area contributed by atoms with Crippen LogP contribution in [0.2, 0.25) is 0 Å². The van der Waals surface area contributed by atoms with Crippen LogP contribution >= 0.6 is 0 Å². The molecule has 0 radical (unpaired) electrons. The van der Waals surface area contributed by atoms with Gasteiger partial charge in [-0.2, -0.15) is 0 Å². The zero-order valence-electron chi connectivity index (χ0n) is 28.0. The van der Waals surface area contributed by atoms with E-state index in [1.54, 1.807) is 0 Å². The molecule has 0 aliphatic heterocycles. The zero-order valence-corrected chi connectivity index (χ0v) is 28.0. The van der Waals surface area contributed by atoms with Crippen LogP contribution in [0.25, 0.3) is 0 Å². The van der Waals surface area contributed by atoms with E-state index in [4.69, 9.17) is 9.47 Å². The first-order valence-corrected chi connectivity index (χ1v) is 14.9. The van der Waals surface area contributed by atoms with E-state index in [0.29, 0.717) is 13.2 Å². The third kappa shape index (κ3) is 33.7. The Morgan fingerprint density at radius 3 is 0.921 bits per heavy atom. The molecule has 8 nitrogen and oxygen atoms in total. The molecule has 0 unspecified atom stereocenters. The normalized spacial score (nSPS) is 17.8. The van der Waals surface area contributed by atoms with Gasteiger partial charge in [0.15, 0.2) is 0 Å². The van der Waals surface area contributed by atoms with Crippen molar-refractivity contribution in [3.63, 3.8) is 0 Å². The Balaban J connectivity index is 0. The summed E-state index contributed by atoms with van der Waals surface area (Å²) < 4.78 is 10.7. The Bertz CT molecular complexity index is 426. The summed E-state index contributed by atoms with van der Waals surface area (Å²) in [6.45, 7) is 9.90. The lowest BCUT2D eigenvalue weighted by Gasteiger charge is -2.31. The summed E-state index contributed by atoms with van der Waals surface area (Å²) in [7, 11) is 25.4. The number of unbranched alkanes of at least 4 members (excludes halogenated alkanes) is 1. The Kier molecular flexibility index (Phi) is 28.2. The van der Waals surface area contributed by atoms with Gasteiger partial charge in [-0.3, -0.25) is 0 Å². The maximum Gasteiger partial charge on any atom is 0.0701 e. The Labute approximate surface area is 239 Å². The monoisotopic (exact) mass is 547 g/mol. The first-order chi connectivity index (χ1) is 17.8. The van der Waals surface area contributed by atoms with Gasteiger partial charge in [0.1, 0.15) is 0 Å². The molecule has 1 saturated carbocycles. The number of rotatable bonds is 18. The van der Waals surface area contributed by atoms with Gasteiger partial charge in [0.05, 0.1) is 26.4 Å². The zero-order chi connectivity index (χ0) is 29.3. The standard InChI is InChI=1S/C12H26N2.C10H24N2O2.C8H20N2/c1-13(2)9-11-5-7-12(8-6-11)10-14(3)4;1-11(2)5-7-13-9-10-14-8-6-12(3)4;1-9(2)7-5-6-8-10(3)4/h11-12H,5-10H2,1-4H3;5-10H2,1-4H3;5-8H2,1-4H3. The van der Waals surface area contributed by atoms with Gasteiger partial charge < -0.3 is 38.9 Å². The van der Waals surface area contributed by atoms with Crippen molar-refractivity contribution < 1.29 is 9.47 Å². The summed E-state index contributed by atoms with van der Waals surface area (Å²) >= 11 is 0. The third-order valence-electron chi connectivity index (χ3n) is 6.41. The molecule has 0 atom stereocenters. The number of nitrogens with zero attached hydrogens (tertiary/aromatic N) is 6. The van der Waals surface area contributed by atoms with Crippen LogP contribution in [0, 0.1) is 11.8 Å². The number of ether oxygens (including phenoxy) is 2. The number of likely N-dealkylation sites (N-methyl/N-ethyl adjacent to an activating group) is 2. The molecule has 0 saturated heterocycles. The van der Waals surface area contributed by atoms with Gasteiger partial charge in [-0.05, 0) is 148 Å². The summed E-state index contributed by atoms with van der Waals surface area (Å²) in [5, 5.41) is 0. The fraction of sp³-hybridized carbons (Fsp3) is 1.00. The van der Waals surface area contributed by atoms with Crippen molar-refractivity contribution in [2.24, 2.45) is 11.8 Å². The van der Waals surface area contributed by atoms with Crippen molar-refractivity contribution in [3.8, 4) is 0 Å². The molecular formula is C30H70N6O2. The quantitative estimate of drug-likeness (QED) is 0.243. The molecule has 0 aromatic rings. The van der Waals surface area contributed by atoms with E-state index in [0.717, 1.165) is 38.1 Å². The fourth-order valence-corrected chi connectivity index (χ4v) is 4.30. The summed E-state index contributed by atoms with van der Waals surface area (Å²) in [4.78, 5) is 13.3. The Hall–Kier alpha value is -0.320. The molecule has 1 rings (SSSR count). The van der Waals surface area contributed by atoms with E-state index in [9.17, 15) is 0 Å². The van der Waals surface area contributed by atoms with Gasteiger partial charge in [0, 0.05) is 26.2 Å². The summed E-state index contributed by atoms with van der Waals surface area (Å²) in [5.74, 6) is 1.92. The van der Waals surface area contributed by atoms with E-state index in [-0.39, 0.29) is 0 Å². The van der Waals surface area contributed by atoms with Crippen LogP contribution in [-0.4, -0.2) is 180 Å². The fourth-order valence-electron chi connectivity index (χ4n) is 4.30. The Morgan fingerprint density at radius 2 is 0.684 bits per heavy atom. The average molecular weight is 547 g/mol. The molecule has 0 bridgehead atoms. The van der Waals surface area contributed by atoms with Crippen LogP contribution < -0.4 is 0 Å². The van der Waals surface area contributed by atoms with Gasteiger partial charge >= 0.3 is 0 Å². The highest BCUT2D eigenvalue weighted by Crippen LogP contribution is 2.29. The molecule has 1 fully saturated rings. The lowest BCUT2D eigenvalue weighted by molar-refractivity contribution is 0.0382. The van der Waals surface area contributed by atoms with Gasteiger partial charge in [-0.25, -0.2) is 0 Å². The molecule has 0 heterocycles. The predicted molar refractivity (Wildman–Crippen MR) is 168 cm³/mol.